The number of amides is 3. The molecule has 5 atom stereocenters. The van der Waals surface area contributed by atoms with Crippen LogP contribution in [0.2, 0.25) is 0 Å². The number of carbonyl (C=O) groups is 3. The van der Waals surface area contributed by atoms with Gasteiger partial charge in [-0.25, -0.2) is 9.97 Å². The summed E-state index contributed by atoms with van der Waals surface area (Å²) in [5, 5.41) is 8.77. The molecule has 0 bridgehead atoms. The Labute approximate surface area is 377 Å². The molecule has 2 aliphatic heterocycles. The van der Waals surface area contributed by atoms with Crippen molar-refractivity contribution in [2.75, 3.05) is 6.54 Å². The first-order valence-corrected chi connectivity index (χ1v) is 26.2. The molecule has 4 heterocycles. The van der Waals surface area contributed by atoms with E-state index in [1.54, 1.807) is 48.5 Å². The second kappa shape index (κ2) is 18.7. The molecule has 9 rings (SSSR count). The molecule has 1 saturated heterocycles. The standard InChI is InChI=1S/C47H52N7O7PS2/c55-43-40-29-34(61-44-42(41-27-16-28-63-41)48-37-24-14-15-25-38(37)49-44)31-54(40)45(56)39(53-64(59,60)52-33-18-12-13-19-33)26-11-3-1-2-6-17-32-30-47(32,50-43)46(57)51-62(58,35-20-7-4-8-21-35)36-22-9-5-10-23-36/h4-10,14-17,20-25,27-28,32-34,39-40,52-53H,1-3,11-13,18-19,26,29-31H2,(H,50,55)(H,51,57,58)/b17-6-/t32?,34-,39+,40+,47-/m1/s1. The number of carbonyl (C=O) groups excluding carboxylic acids is 3. The normalized spacial score (nSPS) is 25.1. The Morgan fingerprint density at radius 3 is 2.19 bits per heavy atom. The van der Waals surface area contributed by atoms with E-state index in [9.17, 15) is 22.8 Å². The zero-order chi connectivity index (χ0) is 44.3. The third-order valence-electron chi connectivity index (χ3n) is 12.7. The molecule has 2 aromatic heterocycles. The van der Waals surface area contributed by atoms with E-state index in [-0.39, 0.29) is 37.7 Å². The van der Waals surface area contributed by atoms with Gasteiger partial charge in [-0.05, 0) is 86.4 Å². The molecule has 2 saturated carbocycles. The molecule has 4 N–H and O–H groups in total. The van der Waals surface area contributed by atoms with Gasteiger partial charge >= 0.3 is 0 Å². The zero-order valence-electron chi connectivity index (χ0n) is 35.3. The highest BCUT2D eigenvalue weighted by Crippen LogP contribution is 2.49. The van der Waals surface area contributed by atoms with Crippen LogP contribution in [0, 0.1) is 5.92 Å². The average Bonchev–Trinajstić information content (AvgIpc) is 3.79. The monoisotopic (exact) mass is 921 g/mol. The molecular formula is C47H52N7O7PS2. The highest BCUT2D eigenvalue weighted by Gasteiger charge is 2.62. The third kappa shape index (κ3) is 9.43. The highest BCUT2D eigenvalue weighted by molar-refractivity contribution is 7.87. The highest BCUT2D eigenvalue weighted by atomic mass is 32.2. The van der Waals surface area contributed by atoms with Crippen molar-refractivity contribution in [3.05, 3.63) is 115 Å². The topological polar surface area (TPSA) is 189 Å². The number of aromatic nitrogens is 2. The second-order valence-electron chi connectivity index (χ2n) is 17.2. The zero-order valence-corrected chi connectivity index (χ0v) is 37.8. The number of para-hydroxylation sites is 2. The van der Waals surface area contributed by atoms with E-state index in [0.717, 1.165) is 30.6 Å². The van der Waals surface area contributed by atoms with Gasteiger partial charge in [0.05, 0.1) is 22.5 Å². The Morgan fingerprint density at radius 2 is 1.50 bits per heavy atom. The minimum Gasteiger partial charge on any atom is -0.471 e. The van der Waals surface area contributed by atoms with Crippen molar-refractivity contribution in [3.8, 4) is 16.5 Å². The van der Waals surface area contributed by atoms with E-state index in [1.165, 1.54) is 16.2 Å². The number of benzene rings is 3. The van der Waals surface area contributed by atoms with Crippen molar-refractivity contribution in [2.24, 2.45) is 5.92 Å². The Morgan fingerprint density at radius 1 is 0.828 bits per heavy atom. The van der Waals surface area contributed by atoms with E-state index >= 15 is 4.57 Å². The van der Waals surface area contributed by atoms with Gasteiger partial charge in [-0.2, -0.15) is 17.9 Å². The van der Waals surface area contributed by atoms with Gasteiger partial charge in [-0.15, -0.1) is 11.3 Å². The Kier molecular flexibility index (Phi) is 12.8. The molecule has 334 valence electrons. The van der Waals surface area contributed by atoms with Gasteiger partial charge in [0, 0.05) is 29.0 Å². The molecule has 14 nitrogen and oxygen atoms in total. The summed E-state index contributed by atoms with van der Waals surface area (Å²) in [4.78, 5) is 56.7. The SMILES string of the molecule is O=C1N[C@]2(C(=O)NP(=O)(c3ccccc3)c3ccccc3)CC2/C=C\CCCCC[C@H](NS(=O)(=O)NC2CCCC2)C(=O)N2C[C@H](Oc3nc4ccccc4nc3-c3cccs3)C[C@@H]12. The minimum atomic E-state index is -4.11. The maximum absolute atomic E-state index is 15.1. The number of thiophene rings is 1. The van der Waals surface area contributed by atoms with E-state index < -0.39 is 64.9 Å². The number of rotatable bonds is 11. The molecular weight excluding hydrogens is 870 g/mol. The lowest BCUT2D eigenvalue weighted by atomic mass is 10.1. The lowest BCUT2D eigenvalue weighted by Gasteiger charge is -2.30. The molecule has 64 heavy (non-hydrogen) atoms. The molecule has 2 aliphatic carbocycles. The van der Waals surface area contributed by atoms with E-state index in [2.05, 4.69) is 19.8 Å². The van der Waals surface area contributed by atoms with Crippen molar-refractivity contribution < 1.29 is 32.1 Å². The van der Waals surface area contributed by atoms with Gasteiger partial charge in [0.1, 0.15) is 29.4 Å². The van der Waals surface area contributed by atoms with Crippen molar-refractivity contribution in [3.63, 3.8) is 0 Å². The molecule has 0 radical (unpaired) electrons. The van der Waals surface area contributed by atoms with Crippen LogP contribution in [0.25, 0.3) is 21.6 Å². The second-order valence-corrected chi connectivity index (χ2v) is 22.1. The molecule has 3 amide bonds. The molecule has 3 aromatic carbocycles. The van der Waals surface area contributed by atoms with Crippen LogP contribution in [0.15, 0.2) is 115 Å². The van der Waals surface area contributed by atoms with Crippen LogP contribution in [0.1, 0.15) is 70.6 Å². The Hall–Kier alpha value is -5.25. The van der Waals surface area contributed by atoms with Crippen LogP contribution in [-0.4, -0.2) is 77.3 Å². The van der Waals surface area contributed by atoms with Crippen molar-refractivity contribution in [1.82, 2.24) is 34.7 Å². The van der Waals surface area contributed by atoms with Crippen molar-refractivity contribution in [1.29, 1.82) is 0 Å². The van der Waals surface area contributed by atoms with Gasteiger partial charge in [-0.1, -0.05) is 92.4 Å². The fourth-order valence-corrected chi connectivity index (χ4v) is 13.5. The summed E-state index contributed by atoms with van der Waals surface area (Å²) in [6.07, 6.45) is 9.64. The van der Waals surface area contributed by atoms with Gasteiger partial charge in [0.25, 0.3) is 16.1 Å². The molecule has 5 aromatic rings. The summed E-state index contributed by atoms with van der Waals surface area (Å²) in [5.74, 6) is -1.96. The summed E-state index contributed by atoms with van der Waals surface area (Å²) in [6.45, 7) is -0.0661. The third-order valence-corrected chi connectivity index (χ3v) is 17.4. The molecule has 4 aliphatic rings. The maximum Gasteiger partial charge on any atom is 0.277 e. The summed E-state index contributed by atoms with van der Waals surface area (Å²) >= 11 is 1.48. The lowest BCUT2D eigenvalue weighted by Crippen LogP contribution is -2.58. The van der Waals surface area contributed by atoms with Crippen LogP contribution < -0.4 is 35.2 Å². The first kappa shape index (κ1) is 44.0. The lowest BCUT2D eigenvalue weighted by molar-refractivity contribution is -0.141. The molecule has 0 spiro atoms. The smallest absolute Gasteiger partial charge is 0.277 e. The van der Waals surface area contributed by atoms with Crippen LogP contribution in [0.5, 0.6) is 5.88 Å². The average molecular weight is 922 g/mol. The van der Waals surface area contributed by atoms with Gasteiger partial charge in [0.15, 0.2) is 0 Å². The number of nitrogens with zero attached hydrogens (tertiary/aromatic N) is 3. The summed E-state index contributed by atoms with van der Waals surface area (Å²) in [6, 6.07) is 26.2. The number of hydrogen-bond donors (Lipinski definition) is 4. The largest absolute Gasteiger partial charge is 0.471 e. The van der Waals surface area contributed by atoms with Crippen LogP contribution >= 0.6 is 18.6 Å². The number of hydrogen-bond acceptors (Lipinski definition) is 10. The molecule has 17 heteroatoms. The van der Waals surface area contributed by atoms with Gasteiger partial charge in [-0.3, -0.25) is 24.0 Å². The van der Waals surface area contributed by atoms with Crippen molar-refractivity contribution >= 4 is 68.2 Å². The number of nitrogens with one attached hydrogen (secondary N) is 4. The Bertz CT molecular complexity index is 2640. The number of ether oxygens (including phenoxy) is 1. The quantitative estimate of drug-likeness (QED) is 0.0927. The van der Waals surface area contributed by atoms with E-state index in [4.69, 9.17) is 14.7 Å². The first-order valence-electron chi connectivity index (χ1n) is 22.1. The number of allylic oxidation sites excluding steroid dienone is 1. The van der Waals surface area contributed by atoms with E-state index in [0.29, 0.717) is 53.0 Å². The van der Waals surface area contributed by atoms with Crippen LogP contribution in [0.4, 0.5) is 0 Å². The fraction of sp³-hybridized carbons (Fsp3) is 0.383. The van der Waals surface area contributed by atoms with Gasteiger partial charge in [0.2, 0.25) is 25.0 Å². The van der Waals surface area contributed by atoms with Crippen molar-refractivity contribution in [2.45, 2.75) is 100 Å². The maximum atomic E-state index is 15.1. The van der Waals surface area contributed by atoms with Gasteiger partial charge < -0.3 is 15.0 Å². The minimum absolute atomic E-state index is 0.0144. The first-order chi connectivity index (χ1) is 31.0. The summed E-state index contributed by atoms with van der Waals surface area (Å²) in [5.41, 5.74) is 0.312. The summed E-state index contributed by atoms with van der Waals surface area (Å²) < 4.78 is 54.5. The van der Waals surface area contributed by atoms with Crippen LogP contribution in [-0.2, 0) is 29.2 Å². The Balaban J connectivity index is 1.06. The fourth-order valence-electron chi connectivity index (χ4n) is 9.22. The summed E-state index contributed by atoms with van der Waals surface area (Å²) in [7, 11) is -7.88. The molecule has 3 fully saturated rings. The number of fused-ring (bicyclic) bond motifs is 3. The molecule has 1 unspecified atom stereocenters. The van der Waals surface area contributed by atoms with Crippen LogP contribution in [0.3, 0.4) is 0 Å². The predicted octanol–water partition coefficient (Wildman–Crippen LogP) is 5.88. The van der Waals surface area contributed by atoms with E-state index in [1.807, 2.05) is 66.1 Å². The predicted molar refractivity (Wildman–Crippen MR) is 248 cm³/mol.